The summed E-state index contributed by atoms with van der Waals surface area (Å²) in [7, 11) is 0. The largest absolute Gasteiger partial charge is 0.387 e. The van der Waals surface area contributed by atoms with Gasteiger partial charge in [0.15, 0.2) is 12.1 Å². The molecule has 2 saturated heterocycles. The van der Waals surface area contributed by atoms with Crippen molar-refractivity contribution in [1.82, 2.24) is 0 Å². The molecule has 2 aliphatic heterocycles. The number of aliphatic hydroxyl groups is 1. The van der Waals surface area contributed by atoms with Gasteiger partial charge >= 0.3 is 0 Å². The number of alkyl halides is 1. The van der Waals surface area contributed by atoms with E-state index in [1.165, 1.54) is 0 Å². The number of hydrogen-bond acceptors (Lipinski definition) is 4. The van der Waals surface area contributed by atoms with Gasteiger partial charge in [0.1, 0.15) is 12.2 Å². The highest BCUT2D eigenvalue weighted by atomic mass is 127. The average molecular weight is 300 g/mol. The summed E-state index contributed by atoms with van der Waals surface area (Å²) in [4.78, 5) is 0. The van der Waals surface area contributed by atoms with Crippen molar-refractivity contribution >= 4 is 22.6 Å². The van der Waals surface area contributed by atoms with Crippen molar-refractivity contribution in [3.8, 4) is 0 Å². The van der Waals surface area contributed by atoms with E-state index in [1.807, 2.05) is 13.8 Å². The topological polar surface area (TPSA) is 47.9 Å². The third-order valence-electron chi connectivity index (χ3n) is 2.27. The Balaban J connectivity index is 2.07. The van der Waals surface area contributed by atoms with E-state index in [1.54, 1.807) is 0 Å². The Bertz CT molecular complexity index is 208. The third kappa shape index (κ3) is 1.72. The van der Waals surface area contributed by atoms with E-state index in [9.17, 15) is 5.11 Å². The van der Waals surface area contributed by atoms with Gasteiger partial charge < -0.3 is 19.3 Å². The fourth-order valence-electron chi connectivity index (χ4n) is 1.69. The molecule has 0 amide bonds. The van der Waals surface area contributed by atoms with Crippen LogP contribution in [0.1, 0.15) is 13.8 Å². The maximum atomic E-state index is 9.76. The summed E-state index contributed by atoms with van der Waals surface area (Å²) in [5, 5.41) is 9.76. The van der Waals surface area contributed by atoms with Crippen LogP contribution in [0.3, 0.4) is 0 Å². The van der Waals surface area contributed by atoms with Crippen LogP contribution in [0, 0.1) is 0 Å². The lowest BCUT2D eigenvalue weighted by Crippen LogP contribution is -2.35. The molecule has 2 aliphatic rings. The molecule has 0 aromatic carbocycles. The molecule has 0 aromatic heterocycles. The second kappa shape index (κ2) is 3.30. The zero-order chi connectivity index (χ0) is 9.64. The minimum absolute atomic E-state index is 0.160. The average Bonchev–Trinajstić information content (AvgIpc) is 2.47. The molecule has 5 heteroatoms. The molecule has 0 aromatic rings. The maximum Gasteiger partial charge on any atom is 0.190 e. The number of rotatable bonds is 1. The van der Waals surface area contributed by atoms with Crippen LogP contribution in [0.2, 0.25) is 0 Å². The van der Waals surface area contributed by atoms with Gasteiger partial charge in [-0.15, -0.1) is 0 Å². The summed E-state index contributed by atoms with van der Waals surface area (Å²) in [5.41, 5.74) is 0. The minimum Gasteiger partial charge on any atom is -0.387 e. The molecule has 0 saturated carbocycles. The Kier molecular flexibility index (Phi) is 2.57. The molecule has 4 atom stereocenters. The van der Waals surface area contributed by atoms with Crippen LogP contribution in [0.25, 0.3) is 0 Å². The quantitative estimate of drug-likeness (QED) is 0.571. The van der Waals surface area contributed by atoms with Crippen molar-refractivity contribution in [1.29, 1.82) is 0 Å². The molecule has 4 nitrogen and oxygen atoms in total. The highest BCUT2D eigenvalue weighted by Crippen LogP contribution is 2.37. The molecule has 1 N–H and O–H groups in total. The summed E-state index contributed by atoms with van der Waals surface area (Å²) in [6, 6.07) is 0. The van der Waals surface area contributed by atoms with Crippen molar-refractivity contribution < 1.29 is 19.3 Å². The Hall–Kier alpha value is 0.570. The summed E-state index contributed by atoms with van der Waals surface area (Å²) in [6.07, 6.45) is -1.45. The zero-order valence-electron chi connectivity index (χ0n) is 7.57. The zero-order valence-corrected chi connectivity index (χ0v) is 9.72. The normalized spacial score (nSPS) is 48.0. The van der Waals surface area contributed by atoms with Crippen LogP contribution in [0.5, 0.6) is 0 Å². The van der Waals surface area contributed by atoms with Crippen molar-refractivity contribution in [3.63, 3.8) is 0 Å². The Morgan fingerprint density at radius 1 is 1.38 bits per heavy atom. The smallest absolute Gasteiger partial charge is 0.190 e. The van der Waals surface area contributed by atoms with E-state index >= 15 is 0 Å². The van der Waals surface area contributed by atoms with E-state index in [4.69, 9.17) is 14.2 Å². The van der Waals surface area contributed by atoms with Gasteiger partial charge in [-0.2, -0.15) is 0 Å². The van der Waals surface area contributed by atoms with Gasteiger partial charge in [0, 0.05) is 4.43 Å². The van der Waals surface area contributed by atoms with Gasteiger partial charge in [0.2, 0.25) is 0 Å². The molecule has 0 bridgehead atoms. The lowest BCUT2D eigenvalue weighted by molar-refractivity contribution is -0.211. The van der Waals surface area contributed by atoms with Crippen molar-refractivity contribution in [3.05, 3.63) is 0 Å². The summed E-state index contributed by atoms with van der Waals surface area (Å²) < 4.78 is 17.2. The van der Waals surface area contributed by atoms with Crippen LogP contribution in [-0.2, 0) is 14.2 Å². The maximum absolute atomic E-state index is 9.76. The lowest BCUT2D eigenvalue weighted by atomic mass is 10.2. The van der Waals surface area contributed by atoms with Gasteiger partial charge in [-0.05, 0) is 13.8 Å². The fourth-order valence-corrected chi connectivity index (χ4v) is 2.41. The second-order valence-corrected chi connectivity index (χ2v) is 4.67. The van der Waals surface area contributed by atoms with E-state index in [0.717, 1.165) is 4.43 Å². The Morgan fingerprint density at radius 3 is 2.62 bits per heavy atom. The van der Waals surface area contributed by atoms with Crippen molar-refractivity contribution in [2.45, 2.75) is 44.2 Å². The molecule has 76 valence electrons. The number of halogens is 1. The first-order valence-electron chi connectivity index (χ1n) is 4.28. The summed E-state index contributed by atoms with van der Waals surface area (Å²) >= 11 is 2.18. The lowest BCUT2D eigenvalue weighted by Gasteiger charge is -2.21. The van der Waals surface area contributed by atoms with Crippen LogP contribution in [0.15, 0.2) is 0 Å². The van der Waals surface area contributed by atoms with E-state index in [-0.39, 0.29) is 12.2 Å². The van der Waals surface area contributed by atoms with Crippen LogP contribution < -0.4 is 0 Å². The van der Waals surface area contributed by atoms with Crippen molar-refractivity contribution in [2.75, 3.05) is 4.43 Å². The molecule has 0 spiro atoms. The molecule has 2 rings (SSSR count). The van der Waals surface area contributed by atoms with Gasteiger partial charge in [-0.3, -0.25) is 0 Å². The SMILES string of the molecule is CC1(C)OC2OC(CI)C(O)C2O1. The minimum atomic E-state index is -0.632. The Labute approximate surface area is 90.7 Å². The molecule has 0 radical (unpaired) electrons. The number of aliphatic hydroxyl groups excluding tert-OH is 1. The number of fused-ring (bicyclic) bond motifs is 1. The van der Waals surface area contributed by atoms with Crippen molar-refractivity contribution in [2.24, 2.45) is 0 Å². The first-order valence-corrected chi connectivity index (χ1v) is 5.81. The van der Waals surface area contributed by atoms with Crippen LogP contribution in [0.4, 0.5) is 0 Å². The molecule has 2 heterocycles. The molecule has 4 unspecified atom stereocenters. The molecule has 2 fully saturated rings. The molecule has 0 aliphatic carbocycles. The predicted molar refractivity (Wildman–Crippen MR) is 53.6 cm³/mol. The fraction of sp³-hybridized carbons (Fsp3) is 1.00. The van der Waals surface area contributed by atoms with E-state index in [0.29, 0.717) is 0 Å². The molecular weight excluding hydrogens is 287 g/mol. The predicted octanol–water partition coefficient (Wildman–Crippen LogP) is 0.659. The monoisotopic (exact) mass is 300 g/mol. The third-order valence-corrected chi connectivity index (χ3v) is 3.13. The Morgan fingerprint density at radius 2 is 2.08 bits per heavy atom. The number of hydrogen-bond donors (Lipinski definition) is 1. The van der Waals surface area contributed by atoms with Gasteiger partial charge in [-0.25, -0.2) is 0 Å². The first-order chi connectivity index (χ1) is 6.03. The second-order valence-electron chi connectivity index (χ2n) is 3.79. The highest BCUT2D eigenvalue weighted by molar-refractivity contribution is 14.1. The van der Waals surface area contributed by atoms with Crippen LogP contribution >= 0.6 is 22.6 Å². The van der Waals surface area contributed by atoms with Crippen LogP contribution in [-0.4, -0.2) is 39.9 Å². The molecule has 13 heavy (non-hydrogen) atoms. The summed E-state index contributed by atoms with van der Waals surface area (Å²) in [5.74, 6) is -0.632. The highest BCUT2D eigenvalue weighted by Gasteiger charge is 2.53. The van der Waals surface area contributed by atoms with Gasteiger partial charge in [0.25, 0.3) is 0 Å². The van der Waals surface area contributed by atoms with E-state index in [2.05, 4.69) is 22.6 Å². The molecular formula is C8H13IO4. The first kappa shape index (κ1) is 10.1. The standard InChI is InChI=1S/C8H13IO4/c1-8(2)12-6-5(10)4(3-9)11-7(6)13-8/h4-7,10H,3H2,1-2H3. The van der Waals surface area contributed by atoms with E-state index < -0.39 is 18.2 Å². The van der Waals surface area contributed by atoms with Gasteiger partial charge in [0.05, 0.1) is 6.10 Å². The van der Waals surface area contributed by atoms with Gasteiger partial charge in [-0.1, -0.05) is 22.6 Å². The summed E-state index contributed by atoms with van der Waals surface area (Å²) in [6.45, 7) is 3.64. The number of ether oxygens (including phenoxy) is 3.